The van der Waals surface area contributed by atoms with E-state index in [1.54, 1.807) is 12.1 Å². The Hall–Kier alpha value is -1.06. The van der Waals surface area contributed by atoms with Gasteiger partial charge in [0.2, 0.25) is 0 Å². The van der Waals surface area contributed by atoms with Crippen molar-refractivity contribution in [3.63, 3.8) is 0 Å². The van der Waals surface area contributed by atoms with Crippen LogP contribution in [-0.4, -0.2) is 21.4 Å². The Balaban J connectivity index is 2.31. The van der Waals surface area contributed by atoms with E-state index in [-0.39, 0.29) is 17.2 Å². The molecule has 1 aliphatic carbocycles. The second-order valence-electron chi connectivity index (χ2n) is 7.00. The van der Waals surface area contributed by atoms with Gasteiger partial charge in [0.15, 0.2) is 0 Å². The molecule has 0 amide bonds. The first-order valence-electron chi connectivity index (χ1n) is 7.60. The van der Waals surface area contributed by atoms with Gasteiger partial charge in [-0.2, -0.15) is 0 Å². The normalized spacial score (nSPS) is 20.6. The molecule has 1 aromatic rings. The lowest BCUT2D eigenvalue weighted by Crippen LogP contribution is -2.44. The molecule has 4 N–H and O–H groups in total. The summed E-state index contributed by atoms with van der Waals surface area (Å²) in [5.74, 6) is 0.290. The SMILES string of the molecule is CC(C)(N)CC(c1ccc(O)cc1)C1(O)CCCCC1. The average Bonchev–Trinajstić information content (AvgIpc) is 2.37. The van der Waals surface area contributed by atoms with Crippen molar-refractivity contribution in [1.82, 2.24) is 0 Å². The minimum Gasteiger partial charge on any atom is -0.508 e. The summed E-state index contributed by atoms with van der Waals surface area (Å²) in [5.41, 5.74) is 6.30. The molecule has 1 saturated carbocycles. The number of benzene rings is 1. The first-order valence-corrected chi connectivity index (χ1v) is 7.60. The standard InChI is InChI=1S/C17H27NO2/c1-16(2,18)12-15(13-6-8-14(19)9-7-13)17(20)10-4-3-5-11-17/h6-9,15,19-20H,3-5,10-12,18H2,1-2H3. The third kappa shape index (κ3) is 3.74. The molecule has 1 aromatic carbocycles. The van der Waals surface area contributed by atoms with Crippen LogP contribution in [0.1, 0.15) is 63.9 Å². The Kier molecular flexibility index (Phi) is 4.40. The number of aromatic hydroxyl groups is 1. The number of hydrogen-bond acceptors (Lipinski definition) is 3. The Bertz CT molecular complexity index is 427. The monoisotopic (exact) mass is 277 g/mol. The summed E-state index contributed by atoms with van der Waals surface area (Å²) < 4.78 is 0. The van der Waals surface area contributed by atoms with Crippen LogP contribution in [0.2, 0.25) is 0 Å². The third-order valence-electron chi connectivity index (χ3n) is 4.39. The van der Waals surface area contributed by atoms with Crippen LogP contribution < -0.4 is 5.73 Å². The number of hydrogen-bond donors (Lipinski definition) is 3. The van der Waals surface area contributed by atoms with Crippen molar-refractivity contribution in [3.05, 3.63) is 29.8 Å². The predicted molar refractivity (Wildman–Crippen MR) is 81.8 cm³/mol. The third-order valence-corrected chi connectivity index (χ3v) is 4.39. The molecule has 0 heterocycles. The van der Waals surface area contributed by atoms with Gasteiger partial charge in [0.1, 0.15) is 5.75 Å². The van der Waals surface area contributed by atoms with Crippen molar-refractivity contribution in [2.45, 2.75) is 69.4 Å². The van der Waals surface area contributed by atoms with Crippen LogP contribution in [0.3, 0.4) is 0 Å². The van der Waals surface area contributed by atoms with E-state index in [9.17, 15) is 10.2 Å². The van der Waals surface area contributed by atoms with Gasteiger partial charge < -0.3 is 15.9 Å². The fourth-order valence-corrected chi connectivity index (χ4v) is 3.36. The van der Waals surface area contributed by atoms with E-state index in [0.29, 0.717) is 0 Å². The summed E-state index contributed by atoms with van der Waals surface area (Å²) in [6.45, 7) is 4.01. The summed E-state index contributed by atoms with van der Waals surface area (Å²) in [7, 11) is 0. The molecule has 1 atom stereocenters. The largest absolute Gasteiger partial charge is 0.508 e. The zero-order valence-electron chi connectivity index (χ0n) is 12.6. The van der Waals surface area contributed by atoms with Crippen molar-refractivity contribution >= 4 is 0 Å². The molecule has 0 radical (unpaired) electrons. The van der Waals surface area contributed by atoms with Gasteiger partial charge in [0.05, 0.1) is 5.60 Å². The number of phenols is 1. The molecular formula is C17H27NO2. The molecule has 3 heteroatoms. The first-order chi connectivity index (χ1) is 9.30. The fourth-order valence-electron chi connectivity index (χ4n) is 3.36. The topological polar surface area (TPSA) is 66.5 Å². The van der Waals surface area contributed by atoms with Gasteiger partial charge in [-0.3, -0.25) is 0 Å². The van der Waals surface area contributed by atoms with Gasteiger partial charge in [0.25, 0.3) is 0 Å². The van der Waals surface area contributed by atoms with Gasteiger partial charge in [0, 0.05) is 11.5 Å². The molecule has 0 aromatic heterocycles. The van der Waals surface area contributed by atoms with E-state index >= 15 is 0 Å². The molecule has 0 aliphatic heterocycles. The van der Waals surface area contributed by atoms with Gasteiger partial charge in [-0.1, -0.05) is 31.4 Å². The highest BCUT2D eigenvalue weighted by Gasteiger charge is 2.40. The van der Waals surface area contributed by atoms with Crippen LogP contribution in [-0.2, 0) is 0 Å². The van der Waals surface area contributed by atoms with Gasteiger partial charge in [-0.15, -0.1) is 0 Å². The highest BCUT2D eigenvalue weighted by molar-refractivity contribution is 5.30. The van der Waals surface area contributed by atoms with Crippen LogP contribution in [0.5, 0.6) is 5.75 Å². The summed E-state index contributed by atoms with van der Waals surface area (Å²) in [6.07, 6.45) is 5.79. The van der Waals surface area contributed by atoms with Gasteiger partial charge in [-0.05, 0) is 50.8 Å². The first kappa shape index (κ1) is 15.3. The van der Waals surface area contributed by atoms with E-state index in [4.69, 9.17) is 5.73 Å². The maximum absolute atomic E-state index is 11.1. The van der Waals surface area contributed by atoms with Gasteiger partial charge in [-0.25, -0.2) is 0 Å². The van der Waals surface area contributed by atoms with Crippen molar-refractivity contribution < 1.29 is 10.2 Å². The van der Waals surface area contributed by atoms with Crippen LogP contribution in [0, 0.1) is 0 Å². The molecule has 0 bridgehead atoms. The minimum absolute atomic E-state index is 0.0309. The average molecular weight is 277 g/mol. The summed E-state index contributed by atoms with van der Waals surface area (Å²) in [4.78, 5) is 0. The van der Waals surface area contributed by atoms with E-state index in [0.717, 1.165) is 37.7 Å². The number of nitrogens with two attached hydrogens (primary N) is 1. The highest BCUT2D eigenvalue weighted by Crippen LogP contribution is 2.43. The molecule has 2 rings (SSSR count). The van der Waals surface area contributed by atoms with Crippen LogP contribution in [0.25, 0.3) is 0 Å². The zero-order chi connectivity index (χ0) is 14.8. The van der Waals surface area contributed by atoms with E-state index in [2.05, 4.69) is 0 Å². The lowest BCUT2D eigenvalue weighted by Gasteiger charge is -2.42. The molecular weight excluding hydrogens is 250 g/mol. The molecule has 112 valence electrons. The molecule has 1 fully saturated rings. The molecule has 1 aliphatic rings. The lowest BCUT2D eigenvalue weighted by atomic mass is 9.69. The molecule has 0 saturated heterocycles. The van der Waals surface area contributed by atoms with E-state index in [1.165, 1.54) is 6.42 Å². The number of phenolic OH excluding ortho intramolecular Hbond substituents is 1. The van der Waals surface area contributed by atoms with Crippen LogP contribution >= 0.6 is 0 Å². The van der Waals surface area contributed by atoms with Crippen molar-refractivity contribution in [2.75, 3.05) is 0 Å². The zero-order valence-corrected chi connectivity index (χ0v) is 12.6. The molecule has 3 nitrogen and oxygen atoms in total. The summed E-state index contributed by atoms with van der Waals surface area (Å²) in [6, 6.07) is 7.21. The van der Waals surface area contributed by atoms with Crippen molar-refractivity contribution in [2.24, 2.45) is 5.73 Å². The predicted octanol–water partition coefficient (Wildman–Crippen LogP) is 3.30. The number of aliphatic hydroxyl groups is 1. The fraction of sp³-hybridized carbons (Fsp3) is 0.647. The van der Waals surface area contributed by atoms with E-state index in [1.807, 2.05) is 26.0 Å². The lowest BCUT2D eigenvalue weighted by molar-refractivity contribution is -0.0286. The van der Waals surface area contributed by atoms with E-state index < -0.39 is 5.60 Å². The van der Waals surface area contributed by atoms with Crippen LogP contribution in [0.4, 0.5) is 0 Å². The maximum Gasteiger partial charge on any atom is 0.115 e. The summed E-state index contributed by atoms with van der Waals surface area (Å²) in [5, 5.41) is 20.6. The second-order valence-corrected chi connectivity index (χ2v) is 7.00. The quantitative estimate of drug-likeness (QED) is 0.791. The maximum atomic E-state index is 11.1. The number of rotatable bonds is 4. The van der Waals surface area contributed by atoms with Crippen molar-refractivity contribution in [3.8, 4) is 5.75 Å². The molecule has 0 spiro atoms. The second kappa shape index (κ2) is 5.74. The smallest absolute Gasteiger partial charge is 0.115 e. The highest BCUT2D eigenvalue weighted by atomic mass is 16.3. The van der Waals surface area contributed by atoms with Crippen molar-refractivity contribution in [1.29, 1.82) is 0 Å². The Morgan fingerprint density at radius 1 is 1.15 bits per heavy atom. The Morgan fingerprint density at radius 3 is 2.20 bits per heavy atom. The van der Waals surface area contributed by atoms with Crippen LogP contribution in [0.15, 0.2) is 24.3 Å². The Morgan fingerprint density at radius 2 is 1.70 bits per heavy atom. The minimum atomic E-state index is -0.661. The Labute approximate surface area is 121 Å². The summed E-state index contributed by atoms with van der Waals surface area (Å²) >= 11 is 0. The molecule has 1 unspecified atom stereocenters. The van der Waals surface area contributed by atoms with Gasteiger partial charge >= 0.3 is 0 Å². The molecule has 20 heavy (non-hydrogen) atoms.